The lowest BCUT2D eigenvalue weighted by Gasteiger charge is -2.18. The molecule has 1 aromatic rings. The molecule has 0 bridgehead atoms. The molecule has 0 radical (unpaired) electrons. The van der Waals surface area contributed by atoms with Crippen molar-refractivity contribution in [3.05, 3.63) is 35.5 Å². The van der Waals surface area contributed by atoms with E-state index < -0.39 is 6.10 Å². The lowest BCUT2D eigenvalue weighted by atomic mass is 10.1. The van der Waals surface area contributed by atoms with Crippen LogP contribution in [0.5, 0.6) is 0 Å². The van der Waals surface area contributed by atoms with Crippen LogP contribution in [0.1, 0.15) is 18.9 Å². The molecule has 1 heterocycles. The average molecular weight is 331 g/mol. The van der Waals surface area contributed by atoms with Gasteiger partial charge in [0, 0.05) is 33.3 Å². The number of aliphatic imine (C=N–C) groups is 1. The second kappa shape index (κ2) is 8.08. The van der Waals surface area contributed by atoms with Gasteiger partial charge in [-0.1, -0.05) is 12.1 Å². The van der Waals surface area contributed by atoms with Gasteiger partial charge in [0.15, 0.2) is 0 Å². The molecular weight excluding hydrogens is 306 g/mol. The first-order valence-electron chi connectivity index (χ1n) is 7.98. The lowest BCUT2D eigenvalue weighted by Crippen LogP contribution is -2.36. The standard InChI is InChI=1S/C18H25N3O3/c1-13(22)10-17-19-16(18(23)21(17)8-9-24-4)12-14-6-5-7-15(11-14)20(2)3/h5-7,11-13,22H,8-10H2,1-4H3/b16-12-. The molecule has 6 nitrogen and oxygen atoms in total. The van der Waals surface area contributed by atoms with Crippen LogP contribution in [0.25, 0.3) is 6.08 Å². The van der Waals surface area contributed by atoms with Crippen LogP contribution in [0.15, 0.2) is 35.0 Å². The Bertz CT molecular complexity index is 651. The molecule has 1 N–H and O–H groups in total. The highest BCUT2D eigenvalue weighted by Crippen LogP contribution is 2.22. The summed E-state index contributed by atoms with van der Waals surface area (Å²) in [6.45, 7) is 2.54. The molecule has 0 aliphatic carbocycles. The molecular formula is C18H25N3O3. The molecule has 1 unspecified atom stereocenters. The zero-order chi connectivity index (χ0) is 17.7. The summed E-state index contributed by atoms with van der Waals surface area (Å²) in [5.41, 5.74) is 2.36. The van der Waals surface area contributed by atoms with Gasteiger partial charge in [-0.05, 0) is 30.7 Å². The monoisotopic (exact) mass is 331 g/mol. The summed E-state index contributed by atoms with van der Waals surface area (Å²) >= 11 is 0. The Morgan fingerprint density at radius 3 is 2.79 bits per heavy atom. The highest BCUT2D eigenvalue weighted by molar-refractivity contribution is 6.14. The van der Waals surface area contributed by atoms with Gasteiger partial charge >= 0.3 is 0 Å². The van der Waals surface area contributed by atoms with Crippen molar-refractivity contribution in [2.45, 2.75) is 19.4 Å². The molecule has 0 aromatic heterocycles. The highest BCUT2D eigenvalue weighted by Gasteiger charge is 2.30. The van der Waals surface area contributed by atoms with Gasteiger partial charge in [0.2, 0.25) is 0 Å². The molecule has 0 saturated heterocycles. The van der Waals surface area contributed by atoms with E-state index in [-0.39, 0.29) is 5.91 Å². The first-order chi connectivity index (χ1) is 11.4. The predicted octanol–water partition coefficient (Wildman–Crippen LogP) is 1.75. The first-order valence-corrected chi connectivity index (χ1v) is 7.98. The SMILES string of the molecule is COCCN1C(=O)/C(=C/c2cccc(N(C)C)c2)N=C1CC(C)O. The second-order valence-electron chi connectivity index (χ2n) is 6.05. The summed E-state index contributed by atoms with van der Waals surface area (Å²) in [6, 6.07) is 7.90. The topological polar surface area (TPSA) is 65.4 Å². The van der Waals surface area contributed by atoms with Crippen molar-refractivity contribution < 1.29 is 14.6 Å². The van der Waals surface area contributed by atoms with Gasteiger partial charge in [-0.3, -0.25) is 9.69 Å². The Hall–Kier alpha value is -2.18. The quantitative estimate of drug-likeness (QED) is 0.773. The van der Waals surface area contributed by atoms with Gasteiger partial charge < -0.3 is 14.7 Å². The molecule has 24 heavy (non-hydrogen) atoms. The Balaban J connectivity index is 2.30. The molecule has 0 fully saturated rings. The maximum absolute atomic E-state index is 12.6. The number of hydrogen-bond acceptors (Lipinski definition) is 5. The van der Waals surface area contributed by atoms with Crippen LogP contribution in [0.2, 0.25) is 0 Å². The summed E-state index contributed by atoms with van der Waals surface area (Å²) in [4.78, 5) is 20.6. The van der Waals surface area contributed by atoms with Crippen molar-refractivity contribution in [3.8, 4) is 0 Å². The van der Waals surface area contributed by atoms with Crippen LogP contribution in [0, 0.1) is 0 Å². The number of ether oxygens (including phenoxy) is 1. The second-order valence-corrected chi connectivity index (χ2v) is 6.05. The number of methoxy groups -OCH3 is 1. The van der Waals surface area contributed by atoms with Crippen molar-refractivity contribution >= 4 is 23.5 Å². The normalized spacial score (nSPS) is 17.4. The van der Waals surface area contributed by atoms with E-state index in [1.807, 2.05) is 43.3 Å². The summed E-state index contributed by atoms with van der Waals surface area (Å²) in [6.07, 6.45) is 1.56. The molecule has 2 rings (SSSR count). The summed E-state index contributed by atoms with van der Waals surface area (Å²) in [5, 5.41) is 9.64. The number of nitrogens with zero attached hydrogens (tertiary/aromatic N) is 3. The van der Waals surface area contributed by atoms with Gasteiger partial charge in [-0.15, -0.1) is 0 Å². The van der Waals surface area contributed by atoms with Crippen molar-refractivity contribution in [2.24, 2.45) is 4.99 Å². The first kappa shape index (κ1) is 18.2. The number of aliphatic hydroxyl groups excluding tert-OH is 1. The summed E-state index contributed by atoms with van der Waals surface area (Å²) in [5.74, 6) is 0.431. The van der Waals surface area contributed by atoms with Gasteiger partial charge in [0.05, 0.1) is 19.3 Å². The lowest BCUT2D eigenvalue weighted by molar-refractivity contribution is -0.123. The van der Waals surface area contributed by atoms with Crippen LogP contribution < -0.4 is 4.90 Å². The van der Waals surface area contributed by atoms with E-state index in [0.29, 0.717) is 31.1 Å². The molecule has 1 aliphatic heterocycles. The van der Waals surface area contributed by atoms with E-state index in [9.17, 15) is 9.90 Å². The number of amides is 1. The Morgan fingerprint density at radius 1 is 1.42 bits per heavy atom. The molecule has 6 heteroatoms. The fourth-order valence-electron chi connectivity index (χ4n) is 2.48. The van der Waals surface area contributed by atoms with Crippen LogP contribution in [-0.2, 0) is 9.53 Å². The smallest absolute Gasteiger partial charge is 0.277 e. The van der Waals surface area contributed by atoms with E-state index >= 15 is 0 Å². The number of benzene rings is 1. The average Bonchev–Trinajstić information content (AvgIpc) is 2.80. The number of anilines is 1. The minimum absolute atomic E-state index is 0.155. The number of carbonyl (C=O) groups excluding carboxylic acids is 1. The molecule has 0 saturated carbocycles. The molecule has 1 aliphatic rings. The van der Waals surface area contributed by atoms with Gasteiger partial charge in [0.25, 0.3) is 5.91 Å². The Labute approximate surface area is 143 Å². The molecule has 0 spiro atoms. The van der Waals surface area contributed by atoms with Crippen LogP contribution >= 0.6 is 0 Å². The van der Waals surface area contributed by atoms with Crippen LogP contribution in [0.4, 0.5) is 5.69 Å². The van der Waals surface area contributed by atoms with E-state index in [0.717, 1.165) is 11.3 Å². The largest absolute Gasteiger partial charge is 0.393 e. The molecule has 1 amide bonds. The number of rotatable bonds is 7. The summed E-state index contributed by atoms with van der Waals surface area (Å²) < 4.78 is 5.06. The van der Waals surface area contributed by atoms with Crippen LogP contribution in [-0.4, -0.2) is 62.2 Å². The summed E-state index contributed by atoms with van der Waals surface area (Å²) in [7, 11) is 5.53. The fourth-order valence-corrected chi connectivity index (χ4v) is 2.48. The fraction of sp³-hybridized carbons (Fsp3) is 0.444. The number of aliphatic hydroxyl groups is 1. The maximum Gasteiger partial charge on any atom is 0.277 e. The third-order valence-electron chi connectivity index (χ3n) is 3.71. The predicted molar refractivity (Wildman–Crippen MR) is 96.1 cm³/mol. The van der Waals surface area contributed by atoms with Gasteiger partial charge in [-0.25, -0.2) is 4.99 Å². The van der Waals surface area contributed by atoms with E-state index in [1.54, 1.807) is 25.0 Å². The maximum atomic E-state index is 12.6. The number of amidine groups is 1. The zero-order valence-corrected chi connectivity index (χ0v) is 14.7. The molecule has 1 aromatic carbocycles. The minimum Gasteiger partial charge on any atom is -0.393 e. The minimum atomic E-state index is -0.557. The van der Waals surface area contributed by atoms with E-state index in [1.165, 1.54) is 0 Å². The van der Waals surface area contributed by atoms with Gasteiger partial charge in [-0.2, -0.15) is 0 Å². The van der Waals surface area contributed by atoms with Crippen LogP contribution in [0.3, 0.4) is 0 Å². The third kappa shape index (κ3) is 4.43. The van der Waals surface area contributed by atoms with Gasteiger partial charge in [0.1, 0.15) is 11.5 Å². The number of hydrogen-bond donors (Lipinski definition) is 1. The van der Waals surface area contributed by atoms with Crippen molar-refractivity contribution in [1.29, 1.82) is 0 Å². The highest BCUT2D eigenvalue weighted by atomic mass is 16.5. The van der Waals surface area contributed by atoms with E-state index in [2.05, 4.69) is 4.99 Å². The Kier molecular flexibility index (Phi) is 6.11. The molecule has 130 valence electrons. The zero-order valence-electron chi connectivity index (χ0n) is 14.7. The molecule has 1 atom stereocenters. The number of carbonyl (C=O) groups is 1. The van der Waals surface area contributed by atoms with Crippen molar-refractivity contribution in [3.63, 3.8) is 0 Å². The third-order valence-corrected chi connectivity index (χ3v) is 3.71. The Morgan fingerprint density at radius 2 is 2.17 bits per heavy atom. The van der Waals surface area contributed by atoms with Crippen molar-refractivity contribution in [2.75, 3.05) is 39.3 Å². The van der Waals surface area contributed by atoms with Crippen molar-refractivity contribution in [1.82, 2.24) is 4.90 Å². The van der Waals surface area contributed by atoms with E-state index in [4.69, 9.17) is 4.74 Å².